The molecule has 0 radical (unpaired) electrons. The summed E-state index contributed by atoms with van der Waals surface area (Å²) in [5.41, 5.74) is 0. The molecule has 2 rings (SSSR count). The Labute approximate surface area is 139 Å². The topological polar surface area (TPSA) is 102 Å². The summed E-state index contributed by atoms with van der Waals surface area (Å²) < 4.78 is 27.5. The molecular formula is C14H19N3O4S2. The van der Waals surface area contributed by atoms with Crippen LogP contribution in [0, 0.1) is 0 Å². The molecule has 0 unspecified atom stereocenters. The molecule has 0 atom stereocenters. The first-order chi connectivity index (χ1) is 10.9. The Hall–Kier alpha value is -1.74. The maximum absolute atomic E-state index is 11.7. The van der Waals surface area contributed by atoms with Crippen molar-refractivity contribution in [1.29, 1.82) is 0 Å². The molecule has 9 heteroatoms. The van der Waals surface area contributed by atoms with Crippen molar-refractivity contribution in [3.8, 4) is 0 Å². The van der Waals surface area contributed by atoms with Gasteiger partial charge in [0.15, 0.2) is 0 Å². The number of hydrogen-bond acceptors (Lipinski definition) is 7. The first-order valence-corrected chi connectivity index (χ1v) is 10.0. The summed E-state index contributed by atoms with van der Waals surface area (Å²) in [6, 6.07) is 3.87. The van der Waals surface area contributed by atoms with Crippen LogP contribution in [0.25, 0.3) is 0 Å². The first-order valence-electron chi connectivity index (χ1n) is 7.26. The van der Waals surface area contributed by atoms with E-state index >= 15 is 0 Å². The van der Waals surface area contributed by atoms with Crippen molar-refractivity contribution >= 4 is 27.1 Å². The third kappa shape index (κ3) is 6.11. The Morgan fingerprint density at radius 3 is 2.78 bits per heavy atom. The van der Waals surface area contributed by atoms with Crippen LogP contribution < -0.4 is 5.32 Å². The van der Waals surface area contributed by atoms with Gasteiger partial charge in [-0.3, -0.25) is 4.79 Å². The van der Waals surface area contributed by atoms with Crippen molar-refractivity contribution in [3.63, 3.8) is 0 Å². The molecule has 0 aliphatic rings. The van der Waals surface area contributed by atoms with Gasteiger partial charge in [-0.15, -0.1) is 16.4 Å². The summed E-state index contributed by atoms with van der Waals surface area (Å²) >= 11 is 1.57. The largest absolute Gasteiger partial charge is 0.413 e. The van der Waals surface area contributed by atoms with Crippen molar-refractivity contribution in [1.82, 2.24) is 15.5 Å². The van der Waals surface area contributed by atoms with Crippen molar-refractivity contribution in [2.45, 2.75) is 37.3 Å². The highest BCUT2D eigenvalue weighted by Gasteiger charge is 2.15. The molecule has 0 aliphatic carbocycles. The van der Waals surface area contributed by atoms with Crippen molar-refractivity contribution < 1.29 is 17.6 Å². The van der Waals surface area contributed by atoms with Crippen LogP contribution in [-0.2, 0) is 27.5 Å². The molecule has 0 aromatic carbocycles. The van der Waals surface area contributed by atoms with Crippen LogP contribution in [0.2, 0.25) is 0 Å². The zero-order valence-corrected chi connectivity index (χ0v) is 14.5. The fraction of sp³-hybridized carbons (Fsp3) is 0.500. The van der Waals surface area contributed by atoms with Crippen LogP contribution in [-0.4, -0.2) is 37.3 Å². The number of aryl methyl sites for hydroxylation is 1. The summed E-state index contributed by atoms with van der Waals surface area (Å²) in [4.78, 5) is 12.7. The predicted molar refractivity (Wildman–Crippen MR) is 86.0 cm³/mol. The number of nitrogens with one attached hydrogen (secondary N) is 1. The fourth-order valence-corrected chi connectivity index (χ4v) is 3.07. The molecule has 0 spiro atoms. The second kappa shape index (κ2) is 8.21. The Kier molecular flexibility index (Phi) is 6.28. The van der Waals surface area contributed by atoms with Crippen LogP contribution in [0.1, 0.15) is 30.0 Å². The van der Waals surface area contributed by atoms with Gasteiger partial charge < -0.3 is 9.73 Å². The van der Waals surface area contributed by atoms with Gasteiger partial charge in [0, 0.05) is 24.1 Å². The van der Waals surface area contributed by atoms with E-state index in [2.05, 4.69) is 15.5 Å². The number of carbonyl (C=O) groups excluding carboxylic acids is 1. The summed E-state index contributed by atoms with van der Waals surface area (Å²) in [7, 11) is -3.44. The monoisotopic (exact) mass is 357 g/mol. The van der Waals surface area contributed by atoms with Crippen LogP contribution in [0.15, 0.2) is 27.2 Å². The fourth-order valence-electron chi connectivity index (χ4n) is 1.93. The maximum atomic E-state index is 11.7. The summed E-state index contributed by atoms with van der Waals surface area (Å²) in [5.74, 6) is 0.356. The number of nitrogens with zero attached hydrogens (tertiary/aromatic N) is 2. The third-order valence-corrected chi connectivity index (χ3v) is 4.75. The number of aromatic nitrogens is 2. The summed E-state index contributed by atoms with van der Waals surface area (Å²) in [5, 5.41) is 11.7. The van der Waals surface area contributed by atoms with Crippen molar-refractivity contribution in [2.75, 3.05) is 12.8 Å². The number of thiophene rings is 1. The van der Waals surface area contributed by atoms with E-state index in [-0.39, 0.29) is 11.1 Å². The molecule has 0 saturated heterocycles. The number of unbranched alkanes of at least 4 members (excludes halogenated alkanes) is 2. The van der Waals surface area contributed by atoms with E-state index in [1.165, 1.54) is 0 Å². The Morgan fingerprint density at radius 2 is 2.13 bits per heavy atom. The van der Waals surface area contributed by atoms with Crippen LogP contribution in [0.5, 0.6) is 0 Å². The number of amides is 1. The normalized spacial score (nSPS) is 11.5. The minimum Gasteiger partial charge on any atom is -0.413 e. The van der Waals surface area contributed by atoms with Crippen molar-refractivity contribution in [3.05, 3.63) is 28.3 Å². The molecule has 1 amide bonds. The number of rotatable bonds is 9. The molecule has 1 N–H and O–H groups in total. The molecule has 2 aromatic heterocycles. The highest BCUT2D eigenvalue weighted by Crippen LogP contribution is 2.10. The number of hydrogen-bond donors (Lipinski definition) is 1. The number of sulfone groups is 1. The zero-order valence-electron chi connectivity index (χ0n) is 12.8. The number of carbonyl (C=O) groups is 1. The van der Waals surface area contributed by atoms with E-state index in [4.69, 9.17) is 4.42 Å². The molecule has 7 nitrogen and oxygen atoms in total. The van der Waals surface area contributed by atoms with E-state index in [0.717, 1.165) is 30.4 Å². The molecule has 0 aliphatic heterocycles. The van der Waals surface area contributed by atoms with Gasteiger partial charge in [0.05, 0.1) is 6.42 Å². The van der Waals surface area contributed by atoms with Gasteiger partial charge in [-0.25, -0.2) is 8.42 Å². The molecule has 126 valence electrons. The lowest BCUT2D eigenvalue weighted by atomic mass is 10.2. The minimum atomic E-state index is -3.44. The maximum Gasteiger partial charge on any atom is 0.335 e. The van der Waals surface area contributed by atoms with Gasteiger partial charge in [-0.1, -0.05) is 17.6 Å². The van der Waals surface area contributed by atoms with Gasteiger partial charge in [0.2, 0.25) is 21.6 Å². The Morgan fingerprint density at radius 1 is 1.30 bits per heavy atom. The Balaban J connectivity index is 1.57. The van der Waals surface area contributed by atoms with Gasteiger partial charge >= 0.3 is 5.22 Å². The summed E-state index contributed by atoms with van der Waals surface area (Å²) in [6.45, 7) is 0.628. The lowest BCUT2D eigenvalue weighted by molar-refractivity contribution is -0.120. The lowest BCUT2D eigenvalue weighted by Gasteiger charge is -2.03. The van der Waals surface area contributed by atoms with Gasteiger partial charge in [-0.05, 0) is 24.3 Å². The van der Waals surface area contributed by atoms with Gasteiger partial charge in [0.1, 0.15) is 0 Å². The molecule has 2 aromatic rings. The quantitative estimate of drug-likeness (QED) is 0.684. The van der Waals surface area contributed by atoms with Gasteiger partial charge in [-0.2, -0.15) is 0 Å². The van der Waals surface area contributed by atoms with Gasteiger partial charge in [0.25, 0.3) is 0 Å². The zero-order chi connectivity index (χ0) is 16.7. The third-order valence-electron chi connectivity index (χ3n) is 3.07. The highest BCUT2D eigenvalue weighted by molar-refractivity contribution is 7.90. The average Bonchev–Trinajstić information content (AvgIpc) is 3.13. The molecular weight excluding hydrogens is 338 g/mol. The Bertz CT molecular complexity index is 723. The second-order valence-electron chi connectivity index (χ2n) is 5.15. The van der Waals surface area contributed by atoms with Crippen LogP contribution in [0.3, 0.4) is 0 Å². The second-order valence-corrected chi connectivity index (χ2v) is 8.08. The predicted octanol–water partition coefficient (Wildman–Crippen LogP) is 1.61. The molecule has 2 heterocycles. The van der Waals surface area contributed by atoms with Crippen molar-refractivity contribution in [2.24, 2.45) is 0 Å². The van der Waals surface area contributed by atoms with E-state index < -0.39 is 9.84 Å². The first kappa shape index (κ1) is 17.6. The molecule has 0 saturated carbocycles. The summed E-state index contributed by atoms with van der Waals surface area (Å²) in [6.07, 6.45) is 4.52. The average molecular weight is 357 g/mol. The van der Waals surface area contributed by atoms with Crippen LogP contribution >= 0.6 is 11.3 Å². The van der Waals surface area contributed by atoms with E-state index in [0.29, 0.717) is 25.3 Å². The van der Waals surface area contributed by atoms with E-state index in [9.17, 15) is 13.2 Å². The molecule has 0 bridgehead atoms. The lowest BCUT2D eigenvalue weighted by Crippen LogP contribution is -2.25. The van der Waals surface area contributed by atoms with E-state index in [1.807, 2.05) is 17.5 Å². The molecule has 23 heavy (non-hydrogen) atoms. The minimum absolute atomic E-state index is 0.0298. The highest BCUT2D eigenvalue weighted by atomic mass is 32.2. The molecule has 0 fully saturated rings. The van der Waals surface area contributed by atoms with E-state index in [1.54, 1.807) is 11.3 Å². The standard InChI is InChI=1S/C14H19N3O4S2/c1-23(19,20)14-17-16-13(21-14)7-3-2-4-8-15-12(18)10-11-6-5-9-22-11/h5-6,9H,2-4,7-8,10H2,1H3,(H,15,18). The smallest absolute Gasteiger partial charge is 0.335 e. The van der Waals surface area contributed by atoms with Crippen LogP contribution in [0.4, 0.5) is 0 Å². The SMILES string of the molecule is CS(=O)(=O)c1nnc(CCCCCNC(=O)Cc2cccs2)o1.